The van der Waals surface area contributed by atoms with Crippen LogP contribution in [0.5, 0.6) is 0 Å². The van der Waals surface area contributed by atoms with Crippen molar-refractivity contribution in [3.8, 4) is 0 Å². The molecule has 3 heterocycles. The van der Waals surface area contributed by atoms with Crippen LogP contribution in [0.1, 0.15) is 12.8 Å². The van der Waals surface area contributed by atoms with Crippen molar-refractivity contribution in [2.24, 2.45) is 11.1 Å². The van der Waals surface area contributed by atoms with Gasteiger partial charge in [0.2, 0.25) is 0 Å². The number of Topliss-reactive ketones (excluding diaryl/α,β-unsaturated/α-hetero) is 1. The predicted octanol–water partition coefficient (Wildman–Crippen LogP) is 0.416. The Morgan fingerprint density at radius 3 is 2.58 bits per heavy atom. The van der Waals surface area contributed by atoms with E-state index in [4.69, 9.17) is 0 Å². The van der Waals surface area contributed by atoms with Crippen LogP contribution in [-0.2, 0) is 4.79 Å². The summed E-state index contributed by atoms with van der Waals surface area (Å²) >= 11 is 0. The zero-order chi connectivity index (χ0) is 8.55. The lowest BCUT2D eigenvalue weighted by molar-refractivity contribution is -0.123. The summed E-state index contributed by atoms with van der Waals surface area (Å²) in [6, 6.07) is -0.583. The molecular formula is C8H12N2O2. The Labute approximate surface area is 70.9 Å². The number of carbonyl (C=O) groups is 1. The van der Waals surface area contributed by atoms with Crippen LogP contribution in [0.25, 0.3) is 0 Å². The SMILES string of the molecule is O=NC1CN2CCC(CC2)C1=O. The third kappa shape index (κ3) is 1.16. The number of nitroso groups, excluding NO2 is 1. The molecule has 0 aromatic rings. The van der Waals surface area contributed by atoms with Gasteiger partial charge in [0, 0.05) is 12.5 Å². The molecule has 12 heavy (non-hydrogen) atoms. The van der Waals surface area contributed by atoms with Crippen molar-refractivity contribution < 1.29 is 4.79 Å². The molecule has 3 aliphatic heterocycles. The molecule has 0 saturated carbocycles. The number of piperidine rings is 1. The molecule has 0 aromatic carbocycles. The summed E-state index contributed by atoms with van der Waals surface area (Å²) in [5.41, 5.74) is 0. The zero-order valence-corrected chi connectivity index (χ0v) is 6.90. The van der Waals surface area contributed by atoms with Crippen molar-refractivity contribution in [3.05, 3.63) is 4.91 Å². The number of rotatable bonds is 1. The predicted molar refractivity (Wildman–Crippen MR) is 43.8 cm³/mol. The van der Waals surface area contributed by atoms with Crippen molar-refractivity contribution in [3.63, 3.8) is 0 Å². The normalized spacial score (nSPS) is 41.0. The molecule has 3 fully saturated rings. The molecule has 1 unspecified atom stereocenters. The van der Waals surface area contributed by atoms with Gasteiger partial charge in [-0.1, -0.05) is 5.18 Å². The molecule has 0 aliphatic carbocycles. The third-order valence-corrected chi connectivity index (χ3v) is 2.88. The Kier molecular flexibility index (Phi) is 1.92. The zero-order valence-electron chi connectivity index (χ0n) is 6.90. The maximum atomic E-state index is 11.5. The first kappa shape index (κ1) is 7.86. The highest BCUT2D eigenvalue weighted by atomic mass is 16.3. The van der Waals surface area contributed by atoms with E-state index in [1.807, 2.05) is 0 Å². The van der Waals surface area contributed by atoms with Gasteiger partial charge in [0.15, 0.2) is 11.8 Å². The Balaban J connectivity index is 2.20. The van der Waals surface area contributed by atoms with Crippen molar-refractivity contribution in [1.29, 1.82) is 0 Å². The van der Waals surface area contributed by atoms with Gasteiger partial charge < -0.3 is 4.90 Å². The lowest BCUT2D eigenvalue weighted by atomic mass is 9.93. The minimum atomic E-state index is -0.583. The molecule has 0 spiro atoms. The van der Waals surface area contributed by atoms with E-state index in [1.54, 1.807) is 0 Å². The average molecular weight is 168 g/mol. The minimum Gasteiger partial charge on any atom is -0.301 e. The fraction of sp³-hybridized carbons (Fsp3) is 0.875. The second-order valence-corrected chi connectivity index (χ2v) is 3.60. The number of carbonyl (C=O) groups excluding carboxylic acids is 1. The highest BCUT2D eigenvalue weighted by molar-refractivity contribution is 5.87. The van der Waals surface area contributed by atoms with Crippen molar-refractivity contribution in [1.82, 2.24) is 4.90 Å². The van der Waals surface area contributed by atoms with Gasteiger partial charge in [0.25, 0.3) is 0 Å². The molecule has 3 aliphatic rings. The third-order valence-electron chi connectivity index (χ3n) is 2.88. The molecule has 0 radical (unpaired) electrons. The maximum absolute atomic E-state index is 11.5. The molecule has 3 rings (SSSR count). The maximum Gasteiger partial charge on any atom is 0.165 e. The van der Waals surface area contributed by atoms with Crippen LogP contribution in [0.15, 0.2) is 5.18 Å². The molecule has 4 nitrogen and oxygen atoms in total. The van der Waals surface area contributed by atoms with Crippen molar-refractivity contribution >= 4 is 5.78 Å². The second kappa shape index (κ2) is 2.94. The first-order chi connectivity index (χ1) is 5.81. The topological polar surface area (TPSA) is 49.7 Å². The standard InChI is InChI=1S/C8H12N2O2/c11-8-6-1-3-10(4-2-6)5-7(8)9-12/h6-7H,1-5H2. The summed E-state index contributed by atoms with van der Waals surface area (Å²) in [6.07, 6.45) is 1.84. The van der Waals surface area contributed by atoms with Gasteiger partial charge in [-0.2, -0.15) is 0 Å². The van der Waals surface area contributed by atoms with E-state index in [1.165, 1.54) is 0 Å². The molecule has 2 bridgehead atoms. The smallest absolute Gasteiger partial charge is 0.165 e. The molecule has 0 aromatic heterocycles. The van der Waals surface area contributed by atoms with Crippen LogP contribution < -0.4 is 0 Å². The fourth-order valence-corrected chi connectivity index (χ4v) is 2.09. The highest BCUT2D eigenvalue weighted by Crippen LogP contribution is 2.25. The van der Waals surface area contributed by atoms with Crippen LogP contribution in [0.2, 0.25) is 0 Å². The molecule has 0 N–H and O–H groups in total. The summed E-state index contributed by atoms with van der Waals surface area (Å²) < 4.78 is 0. The molecule has 66 valence electrons. The average Bonchev–Trinajstić information content (AvgIpc) is 2.36. The first-order valence-corrected chi connectivity index (χ1v) is 4.40. The number of fused-ring (bicyclic) bond motifs is 4. The number of ketones is 1. The number of hydrogen-bond donors (Lipinski definition) is 0. The molecule has 0 amide bonds. The Hall–Kier alpha value is -0.770. The Bertz CT molecular complexity index is 209. The van der Waals surface area contributed by atoms with Gasteiger partial charge in [-0.25, -0.2) is 0 Å². The van der Waals surface area contributed by atoms with Crippen LogP contribution in [0, 0.1) is 10.8 Å². The summed E-state index contributed by atoms with van der Waals surface area (Å²) in [5.74, 6) is 0.191. The molecule has 3 saturated heterocycles. The van der Waals surface area contributed by atoms with Gasteiger partial charge in [0.05, 0.1) is 0 Å². The number of nitrogens with zero attached hydrogens (tertiary/aromatic N) is 2. The monoisotopic (exact) mass is 168 g/mol. The van der Waals surface area contributed by atoms with Crippen LogP contribution in [0.3, 0.4) is 0 Å². The number of hydrogen-bond acceptors (Lipinski definition) is 4. The van der Waals surface area contributed by atoms with Crippen LogP contribution >= 0.6 is 0 Å². The van der Waals surface area contributed by atoms with Crippen LogP contribution in [-0.4, -0.2) is 36.4 Å². The van der Waals surface area contributed by atoms with Crippen molar-refractivity contribution in [2.45, 2.75) is 18.9 Å². The second-order valence-electron chi connectivity index (χ2n) is 3.60. The summed E-state index contributed by atoms with van der Waals surface area (Å²) in [7, 11) is 0. The van der Waals surface area contributed by atoms with E-state index in [9.17, 15) is 9.70 Å². The lowest BCUT2D eigenvalue weighted by Crippen LogP contribution is -2.32. The quantitative estimate of drug-likeness (QED) is 0.533. The van der Waals surface area contributed by atoms with E-state index in [2.05, 4.69) is 10.1 Å². The Morgan fingerprint density at radius 1 is 1.33 bits per heavy atom. The van der Waals surface area contributed by atoms with Gasteiger partial charge in [-0.05, 0) is 25.9 Å². The first-order valence-electron chi connectivity index (χ1n) is 4.40. The largest absolute Gasteiger partial charge is 0.301 e. The fourth-order valence-electron chi connectivity index (χ4n) is 2.09. The Morgan fingerprint density at radius 2 is 2.00 bits per heavy atom. The summed E-state index contributed by atoms with van der Waals surface area (Å²) in [4.78, 5) is 24.0. The van der Waals surface area contributed by atoms with E-state index in [0.717, 1.165) is 25.9 Å². The summed E-state index contributed by atoms with van der Waals surface area (Å²) in [6.45, 7) is 2.48. The van der Waals surface area contributed by atoms with E-state index in [0.29, 0.717) is 6.54 Å². The van der Waals surface area contributed by atoms with E-state index >= 15 is 0 Å². The van der Waals surface area contributed by atoms with Gasteiger partial charge >= 0.3 is 0 Å². The highest BCUT2D eigenvalue weighted by Gasteiger charge is 2.36. The van der Waals surface area contributed by atoms with E-state index < -0.39 is 6.04 Å². The summed E-state index contributed by atoms with van der Waals surface area (Å²) in [5, 5.41) is 2.89. The van der Waals surface area contributed by atoms with Gasteiger partial charge in [-0.3, -0.25) is 4.79 Å². The molecule has 4 heteroatoms. The minimum absolute atomic E-state index is 0.0741. The van der Waals surface area contributed by atoms with Gasteiger partial charge in [0.1, 0.15) is 0 Å². The lowest BCUT2D eigenvalue weighted by Gasteiger charge is -2.24. The van der Waals surface area contributed by atoms with Crippen molar-refractivity contribution in [2.75, 3.05) is 19.6 Å². The molecular weight excluding hydrogens is 156 g/mol. The molecule has 1 atom stereocenters. The van der Waals surface area contributed by atoms with E-state index in [-0.39, 0.29) is 11.7 Å². The van der Waals surface area contributed by atoms with Crippen LogP contribution in [0.4, 0.5) is 0 Å². The van der Waals surface area contributed by atoms with Gasteiger partial charge in [-0.15, -0.1) is 4.91 Å².